The van der Waals surface area contributed by atoms with Crippen molar-refractivity contribution in [3.8, 4) is 5.75 Å². The van der Waals surface area contributed by atoms with Crippen molar-refractivity contribution >= 4 is 17.6 Å². The zero-order valence-electron chi connectivity index (χ0n) is 8.60. The van der Waals surface area contributed by atoms with Gasteiger partial charge >= 0.3 is 11.9 Å². The monoisotopic (exact) mass is 225 g/mol. The van der Waals surface area contributed by atoms with Crippen molar-refractivity contribution in [2.24, 2.45) is 0 Å². The van der Waals surface area contributed by atoms with Gasteiger partial charge in [-0.3, -0.25) is 0 Å². The van der Waals surface area contributed by atoms with Crippen molar-refractivity contribution < 1.29 is 24.2 Å². The molecule has 0 atom stereocenters. The molecule has 1 aromatic rings. The van der Waals surface area contributed by atoms with E-state index >= 15 is 0 Å². The Bertz CT molecular complexity index is 416. The maximum absolute atomic E-state index is 11.5. The number of esters is 1. The summed E-state index contributed by atoms with van der Waals surface area (Å²) in [6.45, 7) is -0.698. The molecule has 6 nitrogen and oxygen atoms in total. The molecule has 0 aliphatic carbocycles. The Morgan fingerprint density at radius 2 is 2.12 bits per heavy atom. The first-order valence-corrected chi connectivity index (χ1v) is 4.37. The summed E-state index contributed by atoms with van der Waals surface area (Å²) in [5.41, 5.74) is 5.96. The molecular weight excluding hydrogens is 214 g/mol. The molecule has 0 amide bonds. The van der Waals surface area contributed by atoms with E-state index in [-0.39, 0.29) is 11.3 Å². The SMILES string of the molecule is COc1ccc(N)cc1C(=O)OCC(=O)O. The van der Waals surface area contributed by atoms with Crippen molar-refractivity contribution in [3.63, 3.8) is 0 Å². The largest absolute Gasteiger partial charge is 0.496 e. The van der Waals surface area contributed by atoms with E-state index in [1.54, 1.807) is 6.07 Å². The normalized spacial score (nSPS) is 9.56. The Hall–Kier alpha value is -2.24. The molecular formula is C10H11NO5. The van der Waals surface area contributed by atoms with Gasteiger partial charge in [0.1, 0.15) is 11.3 Å². The Morgan fingerprint density at radius 1 is 1.44 bits per heavy atom. The summed E-state index contributed by atoms with van der Waals surface area (Å²) in [6, 6.07) is 4.43. The fraction of sp³-hybridized carbons (Fsp3) is 0.200. The van der Waals surface area contributed by atoms with Crippen LogP contribution in [0.2, 0.25) is 0 Å². The topological polar surface area (TPSA) is 98.9 Å². The lowest BCUT2D eigenvalue weighted by Gasteiger charge is -2.08. The minimum absolute atomic E-state index is 0.101. The van der Waals surface area contributed by atoms with Crippen LogP contribution in [0.3, 0.4) is 0 Å². The molecule has 0 aliphatic heterocycles. The summed E-state index contributed by atoms with van der Waals surface area (Å²) in [4.78, 5) is 21.7. The molecule has 86 valence electrons. The highest BCUT2D eigenvalue weighted by molar-refractivity contribution is 5.94. The van der Waals surface area contributed by atoms with Crippen LogP contribution in [0.25, 0.3) is 0 Å². The third-order valence-corrected chi connectivity index (χ3v) is 1.77. The summed E-state index contributed by atoms with van der Waals surface area (Å²) < 4.78 is 9.44. The van der Waals surface area contributed by atoms with Crippen molar-refractivity contribution in [1.82, 2.24) is 0 Å². The van der Waals surface area contributed by atoms with Crippen LogP contribution in [-0.4, -0.2) is 30.8 Å². The van der Waals surface area contributed by atoms with Gasteiger partial charge in [-0.05, 0) is 18.2 Å². The molecule has 0 radical (unpaired) electrons. The smallest absolute Gasteiger partial charge is 0.342 e. The molecule has 0 unspecified atom stereocenters. The van der Waals surface area contributed by atoms with Crippen molar-refractivity contribution in [2.75, 3.05) is 19.5 Å². The number of carbonyl (C=O) groups excluding carboxylic acids is 1. The van der Waals surface area contributed by atoms with Crippen molar-refractivity contribution in [2.45, 2.75) is 0 Å². The second kappa shape index (κ2) is 5.01. The van der Waals surface area contributed by atoms with E-state index in [2.05, 4.69) is 4.74 Å². The van der Waals surface area contributed by atoms with Crippen molar-refractivity contribution in [3.05, 3.63) is 23.8 Å². The van der Waals surface area contributed by atoms with Gasteiger partial charge < -0.3 is 20.3 Å². The molecule has 0 spiro atoms. The summed E-state index contributed by atoms with van der Waals surface area (Å²) in [5, 5.41) is 8.36. The molecule has 0 fully saturated rings. The average Bonchev–Trinajstić information content (AvgIpc) is 2.25. The fourth-order valence-corrected chi connectivity index (χ4v) is 1.09. The molecule has 3 N–H and O–H groups in total. The highest BCUT2D eigenvalue weighted by atomic mass is 16.6. The first kappa shape index (κ1) is 11.8. The molecule has 0 bridgehead atoms. The van der Waals surface area contributed by atoms with Gasteiger partial charge in [-0.25, -0.2) is 9.59 Å². The molecule has 6 heteroatoms. The second-order valence-corrected chi connectivity index (χ2v) is 2.93. The van der Waals surface area contributed by atoms with Gasteiger partial charge in [-0.15, -0.1) is 0 Å². The van der Waals surface area contributed by atoms with Gasteiger partial charge in [0.15, 0.2) is 6.61 Å². The zero-order chi connectivity index (χ0) is 12.1. The van der Waals surface area contributed by atoms with Gasteiger partial charge in [-0.1, -0.05) is 0 Å². The highest BCUT2D eigenvalue weighted by Crippen LogP contribution is 2.21. The third-order valence-electron chi connectivity index (χ3n) is 1.77. The minimum atomic E-state index is -1.23. The lowest BCUT2D eigenvalue weighted by atomic mass is 10.2. The number of carbonyl (C=O) groups is 2. The Balaban J connectivity index is 2.88. The number of hydrogen-bond acceptors (Lipinski definition) is 5. The lowest BCUT2D eigenvalue weighted by molar-refractivity contribution is -0.140. The average molecular weight is 225 g/mol. The van der Waals surface area contributed by atoms with E-state index in [1.807, 2.05) is 0 Å². The summed E-state index contributed by atoms with van der Waals surface area (Å²) in [5.74, 6) is -1.73. The maximum atomic E-state index is 11.5. The van der Waals surface area contributed by atoms with E-state index in [4.69, 9.17) is 15.6 Å². The van der Waals surface area contributed by atoms with Crippen LogP contribution in [-0.2, 0) is 9.53 Å². The minimum Gasteiger partial charge on any atom is -0.496 e. The first-order valence-electron chi connectivity index (χ1n) is 4.37. The number of ether oxygens (including phenoxy) is 2. The van der Waals surface area contributed by atoms with Crippen molar-refractivity contribution in [1.29, 1.82) is 0 Å². The van der Waals surface area contributed by atoms with Crippen LogP contribution in [0.1, 0.15) is 10.4 Å². The van der Waals surface area contributed by atoms with Gasteiger partial charge in [0, 0.05) is 5.69 Å². The van der Waals surface area contributed by atoms with E-state index in [9.17, 15) is 9.59 Å². The fourth-order valence-electron chi connectivity index (χ4n) is 1.09. The number of aliphatic carboxylic acids is 1. The van der Waals surface area contributed by atoms with E-state index < -0.39 is 18.5 Å². The first-order chi connectivity index (χ1) is 7.54. The second-order valence-electron chi connectivity index (χ2n) is 2.93. The Kier molecular flexibility index (Phi) is 3.71. The molecule has 0 heterocycles. The van der Waals surface area contributed by atoms with Crippen LogP contribution in [0.5, 0.6) is 5.75 Å². The van der Waals surface area contributed by atoms with Gasteiger partial charge in [0.2, 0.25) is 0 Å². The Morgan fingerprint density at radius 3 is 2.69 bits per heavy atom. The maximum Gasteiger partial charge on any atom is 0.342 e. The lowest BCUT2D eigenvalue weighted by Crippen LogP contribution is -2.14. The number of methoxy groups -OCH3 is 1. The standard InChI is InChI=1S/C10H11NO5/c1-15-8-3-2-6(11)4-7(8)10(14)16-5-9(12)13/h2-4H,5,11H2,1H3,(H,12,13). The third kappa shape index (κ3) is 2.88. The zero-order valence-corrected chi connectivity index (χ0v) is 8.60. The van der Waals surface area contributed by atoms with Crippen LogP contribution < -0.4 is 10.5 Å². The number of carboxylic acid groups (broad SMARTS) is 1. The highest BCUT2D eigenvalue weighted by Gasteiger charge is 2.15. The molecule has 0 saturated heterocycles. The van der Waals surface area contributed by atoms with E-state index in [0.29, 0.717) is 5.69 Å². The summed E-state index contributed by atoms with van der Waals surface area (Å²) in [7, 11) is 1.39. The van der Waals surface area contributed by atoms with Crippen LogP contribution in [0, 0.1) is 0 Å². The molecule has 1 rings (SSSR count). The van der Waals surface area contributed by atoms with Gasteiger partial charge in [0.05, 0.1) is 7.11 Å². The van der Waals surface area contributed by atoms with Crippen LogP contribution in [0.4, 0.5) is 5.69 Å². The Labute approximate surface area is 91.6 Å². The molecule has 0 aromatic heterocycles. The van der Waals surface area contributed by atoms with E-state index in [1.165, 1.54) is 19.2 Å². The molecule has 0 aliphatic rings. The predicted molar refractivity (Wildman–Crippen MR) is 55.3 cm³/mol. The summed E-state index contributed by atoms with van der Waals surface area (Å²) in [6.07, 6.45) is 0. The predicted octanol–water partition coefficient (Wildman–Crippen LogP) is 0.519. The number of nitrogens with two attached hydrogens (primary N) is 1. The molecule has 16 heavy (non-hydrogen) atoms. The van der Waals surface area contributed by atoms with E-state index in [0.717, 1.165) is 0 Å². The van der Waals surface area contributed by atoms with Crippen LogP contribution >= 0.6 is 0 Å². The quantitative estimate of drug-likeness (QED) is 0.572. The number of benzene rings is 1. The van der Waals surface area contributed by atoms with Crippen LogP contribution in [0.15, 0.2) is 18.2 Å². The molecule has 1 aromatic carbocycles. The van der Waals surface area contributed by atoms with Gasteiger partial charge in [-0.2, -0.15) is 0 Å². The molecule has 0 saturated carbocycles. The number of anilines is 1. The summed E-state index contributed by atoms with van der Waals surface area (Å²) >= 11 is 0. The number of rotatable bonds is 4. The number of hydrogen-bond donors (Lipinski definition) is 2. The number of nitrogen functional groups attached to an aromatic ring is 1. The van der Waals surface area contributed by atoms with Gasteiger partial charge in [0.25, 0.3) is 0 Å². The number of carboxylic acids is 1.